The second-order valence-electron chi connectivity index (χ2n) is 7.40. The molecule has 0 aromatic heterocycles. The van der Waals surface area contributed by atoms with Crippen molar-refractivity contribution in [2.24, 2.45) is 5.92 Å². The summed E-state index contributed by atoms with van der Waals surface area (Å²) in [5, 5.41) is 1.99. The molecule has 1 fully saturated rings. The molecule has 1 heterocycles. The molecule has 0 spiro atoms. The molecule has 1 aliphatic heterocycles. The van der Waals surface area contributed by atoms with Crippen LogP contribution in [0.3, 0.4) is 0 Å². The number of unbranched alkanes of at least 4 members (excludes halogenated alkanes) is 1. The lowest BCUT2D eigenvalue weighted by molar-refractivity contribution is -0.195. The molecule has 1 aliphatic carbocycles. The number of nitrogens with zero attached hydrogens (tertiary/aromatic N) is 1. The number of carbonyl (C=O) groups is 3. The van der Waals surface area contributed by atoms with Crippen molar-refractivity contribution in [3.05, 3.63) is 11.3 Å². The summed E-state index contributed by atoms with van der Waals surface area (Å²) >= 11 is 0. The largest absolute Gasteiger partial charge is 0.425 e. The summed E-state index contributed by atoms with van der Waals surface area (Å²) in [6, 6.07) is 0. The maximum Gasteiger partial charge on any atom is 0.425 e. The van der Waals surface area contributed by atoms with Crippen LogP contribution in [-0.2, 0) is 14.4 Å². The highest BCUT2D eigenvalue weighted by Crippen LogP contribution is 2.45. The molecule has 1 unspecified atom stereocenters. The number of halogens is 3. The molecule has 2 rings (SSSR count). The normalized spacial score (nSPS) is 24.5. The molecule has 0 radical (unpaired) electrons. The van der Waals surface area contributed by atoms with Crippen LogP contribution >= 0.6 is 0 Å². The van der Waals surface area contributed by atoms with Gasteiger partial charge in [-0.3, -0.25) is 14.4 Å². The third-order valence-corrected chi connectivity index (χ3v) is 5.51. The minimum Gasteiger partial charge on any atom is -0.330 e. The van der Waals surface area contributed by atoms with E-state index in [2.05, 4.69) is 0 Å². The van der Waals surface area contributed by atoms with E-state index in [1.54, 1.807) is 0 Å². The molecule has 1 saturated carbocycles. The number of rotatable bonds is 6. The van der Waals surface area contributed by atoms with Gasteiger partial charge in [-0.2, -0.15) is 13.2 Å². The van der Waals surface area contributed by atoms with Gasteiger partial charge in [-0.15, -0.1) is 0 Å². The van der Waals surface area contributed by atoms with Crippen molar-refractivity contribution in [3.8, 4) is 0 Å². The van der Waals surface area contributed by atoms with Crippen LogP contribution in [0.4, 0.5) is 13.2 Å². The van der Waals surface area contributed by atoms with E-state index in [-0.39, 0.29) is 12.2 Å². The highest BCUT2D eigenvalue weighted by Gasteiger charge is 2.69. The average Bonchev–Trinajstić information content (AvgIpc) is 2.81. The van der Waals surface area contributed by atoms with Gasteiger partial charge in [0.2, 0.25) is 11.4 Å². The second-order valence-corrected chi connectivity index (χ2v) is 7.40. The Hall–Kier alpha value is -1.86. The topological polar surface area (TPSA) is 66.5 Å². The molecule has 1 atom stereocenters. The number of hydrogen-bond donors (Lipinski definition) is 1. The van der Waals surface area contributed by atoms with Gasteiger partial charge in [0.05, 0.1) is 5.57 Å². The number of Topliss-reactive ketones (excluding diaryl/α,β-unsaturated/α-hetero) is 1. The van der Waals surface area contributed by atoms with E-state index in [0.29, 0.717) is 25.7 Å². The van der Waals surface area contributed by atoms with Gasteiger partial charge in [0.15, 0.2) is 5.78 Å². The molecule has 27 heavy (non-hydrogen) atoms. The van der Waals surface area contributed by atoms with Crippen molar-refractivity contribution >= 4 is 17.6 Å². The third kappa shape index (κ3) is 3.75. The Balaban J connectivity index is 2.49. The molecule has 0 aromatic carbocycles. The summed E-state index contributed by atoms with van der Waals surface area (Å²) in [6.45, 7) is 4.27. The van der Waals surface area contributed by atoms with E-state index < -0.39 is 40.8 Å². The smallest absolute Gasteiger partial charge is 0.330 e. The van der Waals surface area contributed by atoms with Crippen LogP contribution in [0, 0.1) is 5.92 Å². The third-order valence-electron chi connectivity index (χ3n) is 5.51. The fourth-order valence-corrected chi connectivity index (χ4v) is 4.07. The van der Waals surface area contributed by atoms with Gasteiger partial charge in [-0.25, -0.2) is 0 Å². The van der Waals surface area contributed by atoms with Crippen molar-refractivity contribution in [1.29, 1.82) is 0 Å². The Bertz CT molecular complexity index is 651. The van der Waals surface area contributed by atoms with E-state index in [1.807, 2.05) is 12.2 Å². The number of hydrogen-bond acceptors (Lipinski definition) is 3. The summed E-state index contributed by atoms with van der Waals surface area (Å²) < 4.78 is 42.7. The van der Waals surface area contributed by atoms with Crippen LogP contribution in [-0.4, -0.2) is 40.8 Å². The quantitative estimate of drug-likeness (QED) is 0.758. The van der Waals surface area contributed by atoms with Crippen molar-refractivity contribution in [1.82, 2.24) is 10.2 Å². The first-order valence-electron chi connectivity index (χ1n) is 9.51. The molecular weight excluding hydrogens is 361 g/mol. The summed E-state index contributed by atoms with van der Waals surface area (Å²) in [5.74, 6) is -3.51. The zero-order valence-electron chi connectivity index (χ0n) is 16.0. The highest BCUT2D eigenvalue weighted by atomic mass is 19.4. The van der Waals surface area contributed by atoms with Gasteiger partial charge in [0, 0.05) is 18.2 Å². The molecular formula is C19H27F3N2O3. The lowest BCUT2D eigenvalue weighted by atomic mass is 9.84. The second kappa shape index (κ2) is 8.02. The number of amides is 2. The van der Waals surface area contributed by atoms with Crippen LogP contribution in [0.1, 0.15) is 65.7 Å². The van der Waals surface area contributed by atoms with E-state index >= 15 is 0 Å². The first-order chi connectivity index (χ1) is 12.6. The lowest BCUT2D eigenvalue weighted by Crippen LogP contribution is -2.66. The van der Waals surface area contributed by atoms with Crippen LogP contribution < -0.4 is 5.32 Å². The monoisotopic (exact) mass is 388 g/mol. The SMILES string of the molecule is CCCCN1C(=O)C(NC(=O)C2CCCCC2)(C(F)(F)F)C(C(C)=O)=C1C. The molecule has 0 aromatic rings. The van der Waals surface area contributed by atoms with E-state index in [1.165, 1.54) is 6.92 Å². The first kappa shape index (κ1) is 21.4. The van der Waals surface area contributed by atoms with Crippen LogP contribution in [0.5, 0.6) is 0 Å². The van der Waals surface area contributed by atoms with Crippen molar-refractivity contribution < 1.29 is 27.6 Å². The predicted molar refractivity (Wildman–Crippen MR) is 93.5 cm³/mol. The van der Waals surface area contributed by atoms with Gasteiger partial charge in [-0.1, -0.05) is 32.6 Å². The van der Waals surface area contributed by atoms with Crippen LogP contribution in [0.2, 0.25) is 0 Å². The summed E-state index contributed by atoms with van der Waals surface area (Å²) in [4.78, 5) is 38.7. The summed E-state index contributed by atoms with van der Waals surface area (Å²) in [7, 11) is 0. The molecule has 152 valence electrons. The van der Waals surface area contributed by atoms with Gasteiger partial charge >= 0.3 is 6.18 Å². The Morgan fingerprint density at radius 1 is 1.22 bits per heavy atom. The predicted octanol–water partition coefficient (Wildman–Crippen LogP) is 3.49. The van der Waals surface area contributed by atoms with Crippen molar-refractivity contribution in [2.45, 2.75) is 77.4 Å². The fraction of sp³-hybridized carbons (Fsp3) is 0.737. The van der Waals surface area contributed by atoms with Gasteiger partial charge in [0.25, 0.3) is 5.91 Å². The minimum atomic E-state index is -5.11. The standard InChI is InChI=1S/C19H27F3N2O3/c1-4-5-11-24-12(2)15(13(3)25)18(17(24)27,19(20,21)22)23-16(26)14-9-7-6-8-10-14/h14H,4-11H2,1-3H3,(H,23,26). The molecule has 8 heteroatoms. The van der Waals surface area contributed by atoms with Gasteiger partial charge < -0.3 is 10.2 Å². The van der Waals surface area contributed by atoms with E-state index in [4.69, 9.17) is 0 Å². The van der Waals surface area contributed by atoms with Crippen LogP contribution in [0.25, 0.3) is 0 Å². The first-order valence-corrected chi connectivity index (χ1v) is 9.51. The van der Waals surface area contributed by atoms with Crippen molar-refractivity contribution in [2.75, 3.05) is 6.54 Å². The zero-order valence-corrected chi connectivity index (χ0v) is 16.0. The maximum atomic E-state index is 14.2. The summed E-state index contributed by atoms with van der Waals surface area (Å²) in [6.07, 6.45) is -0.479. The van der Waals surface area contributed by atoms with Gasteiger partial charge in [0.1, 0.15) is 0 Å². The molecule has 1 N–H and O–H groups in total. The van der Waals surface area contributed by atoms with Gasteiger partial charge in [-0.05, 0) is 33.1 Å². The minimum absolute atomic E-state index is 0.0257. The van der Waals surface area contributed by atoms with E-state index in [0.717, 1.165) is 31.1 Å². The number of carbonyl (C=O) groups excluding carboxylic acids is 3. The molecule has 0 bridgehead atoms. The highest BCUT2D eigenvalue weighted by molar-refractivity contribution is 6.12. The molecule has 5 nitrogen and oxygen atoms in total. The number of nitrogens with one attached hydrogen (secondary N) is 1. The molecule has 2 aliphatic rings. The van der Waals surface area contributed by atoms with Crippen molar-refractivity contribution in [3.63, 3.8) is 0 Å². The number of allylic oxidation sites excluding steroid dienone is 1. The Morgan fingerprint density at radius 2 is 1.81 bits per heavy atom. The number of ketones is 1. The summed E-state index contributed by atoms with van der Waals surface area (Å²) in [5.41, 5.74) is -3.98. The zero-order chi connectivity index (χ0) is 20.4. The fourth-order valence-electron chi connectivity index (χ4n) is 4.07. The Labute approximate surface area is 157 Å². The number of alkyl halides is 3. The average molecular weight is 388 g/mol. The van der Waals surface area contributed by atoms with Crippen LogP contribution in [0.15, 0.2) is 11.3 Å². The Kier molecular flexibility index (Phi) is 6.37. The molecule has 2 amide bonds. The maximum absolute atomic E-state index is 14.2. The molecule has 0 saturated heterocycles. The lowest BCUT2D eigenvalue weighted by Gasteiger charge is -2.35. The Morgan fingerprint density at radius 3 is 2.30 bits per heavy atom. The van der Waals surface area contributed by atoms with E-state index in [9.17, 15) is 27.6 Å².